The van der Waals surface area contributed by atoms with E-state index in [-0.39, 0.29) is 5.54 Å². The fourth-order valence-corrected chi connectivity index (χ4v) is 3.35. The van der Waals surface area contributed by atoms with Crippen LogP contribution in [0, 0.1) is 0 Å². The van der Waals surface area contributed by atoms with Gasteiger partial charge in [-0.3, -0.25) is 0 Å². The lowest BCUT2D eigenvalue weighted by atomic mass is 9.82. The summed E-state index contributed by atoms with van der Waals surface area (Å²) >= 11 is 1.77. The molecule has 1 N–H and O–H groups in total. The van der Waals surface area contributed by atoms with Gasteiger partial charge in [0.1, 0.15) is 5.01 Å². The molecule has 0 bridgehead atoms. The van der Waals surface area contributed by atoms with Crippen LogP contribution in [0.2, 0.25) is 0 Å². The number of hydrogen-bond donors (Lipinski definition) is 1. The van der Waals surface area contributed by atoms with Gasteiger partial charge in [-0.15, -0.1) is 11.3 Å². The molecule has 16 heavy (non-hydrogen) atoms. The predicted octanol–water partition coefficient (Wildman–Crippen LogP) is 2.54. The molecule has 1 saturated carbocycles. The minimum Gasteiger partial charge on any atom is -0.383 e. The van der Waals surface area contributed by atoms with E-state index in [2.05, 4.69) is 15.7 Å². The summed E-state index contributed by atoms with van der Waals surface area (Å²) in [6, 6.07) is 0. The molecule has 0 radical (unpaired) electrons. The standard InChI is InChI=1S/C12H20N2OS/c1-15-9-7-14-12(5-3-2-4-6-12)11-13-8-10-16-11/h8,10,14H,2-7,9H2,1H3. The fourth-order valence-electron chi connectivity index (χ4n) is 2.47. The Labute approximate surface area is 101 Å². The largest absolute Gasteiger partial charge is 0.383 e. The molecule has 0 atom stereocenters. The van der Waals surface area contributed by atoms with Crippen LogP contribution in [0.1, 0.15) is 37.1 Å². The Bertz CT molecular complexity index is 294. The Balaban J connectivity index is 2.06. The average molecular weight is 240 g/mol. The van der Waals surface area contributed by atoms with Gasteiger partial charge in [-0.1, -0.05) is 19.3 Å². The van der Waals surface area contributed by atoms with Gasteiger partial charge >= 0.3 is 0 Å². The molecule has 0 unspecified atom stereocenters. The quantitative estimate of drug-likeness (QED) is 0.803. The Morgan fingerprint density at radius 3 is 2.88 bits per heavy atom. The molecule has 1 heterocycles. The molecule has 0 saturated heterocycles. The highest BCUT2D eigenvalue weighted by Gasteiger charge is 2.35. The summed E-state index contributed by atoms with van der Waals surface area (Å²) < 4.78 is 5.12. The van der Waals surface area contributed by atoms with Gasteiger partial charge in [-0.2, -0.15) is 0 Å². The van der Waals surface area contributed by atoms with Crippen molar-refractivity contribution in [3.8, 4) is 0 Å². The molecule has 1 aliphatic rings. The molecule has 0 amide bonds. The van der Waals surface area contributed by atoms with Crippen molar-refractivity contribution in [1.82, 2.24) is 10.3 Å². The predicted molar refractivity (Wildman–Crippen MR) is 66.8 cm³/mol. The number of thiazole rings is 1. The molecule has 1 aromatic heterocycles. The van der Waals surface area contributed by atoms with Crippen LogP contribution in [-0.4, -0.2) is 25.2 Å². The van der Waals surface area contributed by atoms with Crippen molar-refractivity contribution in [2.24, 2.45) is 0 Å². The van der Waals surface area contributed by atoms with Gasteiger partial charge in [0, 0.05) is 25.2 Å². The number of hydrogen-bond acceptors (Lipinski definition) is 4. The minimum absolute atomic E-state index is 0.130. The van der Waals surface area contributed by atoms with Crippen LogP contribution < -0.4 is 5.32 Å². The van der Waals surface area contributed by atoms with Gasteiger partial charge in [0.05, 0.1) is 12.1 Å². The molecule has 4 heteroatoms. The molecule has 3 nitrogen and oxygen atoms in total. The van der Waals surface area contributed by atoms with Gasteiger partial charge < -0.3 is 10.1 Å². The number of nitrogens with zero attached hydrogens (tertiary/aromatic N) is 1. The van der Waals surface area contributed by atoms with Gasteiger partial charge in [0.2, 0.25) is 0 Å². The summed E-state index contributed by atoms with van der Waals surface area (Å²) in [5.41, 5.74) is 0.130. The van der Waals surface area contributed by atoms with Crippen molar-refractivity contribution < 1.29 is 4.74 Å². The van der Waals surface area contributed by atoms with E-state index in [0.29, 0.717) is 0 Å². The second kappa shape index (κ2) is 5.75. The topological polar surface area (TPSA) is 34.1 Å². The first-order valence-electron chi connectivity index (χ1n) is 6.01. The van der Waals surface area contributed by atoms with E-state index < -0.39 is 0 Å². The summed E-state index contributed by atoms with van der Waals surface area (Å²) in [7, 11) is 1.75. The van der Waals surface area contributed by atoms with Gasteiger partial charge in [-0.25, -0.2) is 4.98 Å². The monoisotopic (exact) mass is 240 g/mol. The first kappa shape index (κ1) is 12.0. The normalized spacial score (nSPS) is 19.8. The van der Waals surface area contributed by atoms with E-state index in [1.807, 2.05) is 6.20 Å². The van der Waals surface area contributed by atoms with Crippen LogP contribution in [0.4, 0.5) is 0 Å². The lowest BCUT2D eigenvalue weighted by Crippen LogP contribution is -2.45. The van der Waals surface area contributed by atoms with Crippen LogP contribution in [0.15, 0.2) is 11.6 Å². The van der Waals surface area contributed by atoms with Gasteiger partial charge in [-0.05, 0) is 12.8 Å². The molecule has 1 fully saturated rings. The maximum atomic E-state index is 5.12. The second-order valence-electron chi connectivity index (χ2n) is 4.40. The zero-order chi connectivity index (χ0) is 11.3. The highest BCUT2D eigenvalue weighted by molar-refractivity contribution is 7.09. The molecule has 0 aromatic carbocycles. The number of rotatable bonds is 5. The zero-order valence-electron chi connectivity index (χ0n) is 9.87. The van der Waals surface area contributed by atoms with Crippen LogP contribution in [-0.2, 0) is 10.3 Å². The molecule has 90 valence electrons. The molecule has 2 rings (SSSR count). The van der Waals surface area contributed by atoms with E-state index >= 15 is 0 Å². The lowest BCUT2D eigenvalue weighted by molar-refractivity contribution is 0.166. The first-order valence-corrected chi connectivity index (χ1v) is 6.89. The Morgan fingerprint density at radius 2 is 2.25 bits per heavy atom. The number of aromatic nitrogens is 1. The van der Waals surface area contributed by atoms with Crippen molar-refractivity contribution in [1.29, 1.82) is 0 Å². The van der Waals surface area contributed by atoms with E-state index in [9.17, 15) is 0 Å². The van der Waals surface area contributed by atoms with Crippen molar-refractivity contribution in [2.75, 3.05) is 20.3 Å². The number of nitrogens with one attached hydrogen (secondary N) is 1. The van der Waals surface area contributed by atoms with Crippen LogP contribution >= 0.6 is 11.3 Å². The molecule has 1 aromatic rings. The first-order chi connectivity index (χ1) is 7.87. The third kappa shape index (κ3) is 2.62. The fraction of sp³-hybridized carbons (Fsp3) is 0.750. The number of methoxy groups -OCH3 is 1. The smallest absolute Gasteiger partial charge is 0.113 e. The Kier molecular flexibility index (Phi) is 4.32. The third-order valence-electron chi connectivity index (χ3n) is 3.32. The zero-order valence-corrected chi connectivity index (χ0v) is 10.7. The molecule has 1 aliphatic carbocycles. The van der Waals surface area contributed by atoms with E-state index in [1.165, 1.54) is 37.1 Å². The van der Waals surface area contributed by atoms with E-state index in [1.54, 1.807) is 18.4 Å². The van der Waals surface area contributed by atoms with Gasteiger partial charge in [0.15, 0.2) is 0 Å². The van der Waals surface area contributed by atoms with Crippen LogP contribution in [0.5, 0.6) is 0 Å². The SMILES string of the molecule is COCCNC1(c2nccs2)CCCCC1. The average Bonchev–Trinajstić information content (AvgIpc) is 2.85. The Morgan fingerprint density at radius 1 is 1.44 bits per heavy atom. The van der Waals surface area contributed by atoms with Crippen LogP contribution in [0.3, 0.4) is 0 Å². The summed E-state index contributed by atoms with van der Waals surface area (Å²) in [4.78, 5) is 4.51. The highest BCUT2D eigenvalue weighted by atomic mass is 32.1. The Hall–Kier alpha value is -0.450. The van der Waals surface area contributed by atoms with Crippen molar-refractivity contribution in [3.63, 3.8) is 0 Å². The summed E-state index contributed by atoms with van der Waals surface area (Å²) in [5.74, 6) is 0. The maximum absolute atomic E-state index is 5.12. The third-order valence-corrected chi connectivity index (χ3v) is 4.30. The minimum atomic E-state index is 0.130. The molecule has 0 aliphatic heterocycles. The summed E-state index contributed by atoms with van der Waals surface area (Å²) in [5, 5.41) is 6.99. The highest BCUT2D eigenvalue weighted by Crippen LogP contribution is 2.37. The number of ether oxygens (including phenoxy) is 1. The molecule has 0 spiro atoms. The van der Waals surface area contributed by atoms with Crippen LogP contribution in [0.25, 0.3) is 0 Å². The van der Waals surface area contributed by atoms with Crippen molar-refractivity contribution in [3.05, 3.63) is 16.6 Å². The van der Waals surface area contributed by atoms with Crippen molar-refractivity contribution in [2.45, 2.75) is 37.6 Å². The summed E-state index contributed by atoms with van der Waals surface area (Å²) in [6.07, 6.45) is 8.31. The van der Waals surface area contributed by atoms with E-state index in [0.717, 1.165) is 13.2 Å². The lowest BCUT2D eigenvalue weighted by Gasteiger charge is -2.36. The summed E-state index contributed by atoms with van der Waals surface area (Å²) in [6.45, 7) is 1.68. The second-order valence-corrected chi connectivity index (χ2v) is 5.29. The van der Waals surface area contributed by atoms with Gasteiger partial charge in [0.25, 0.3) is 0 Å². The van der Waals surface area contributed by atoms with E-state index in [4.69, 9.17) is 4.74 Å². The maximum Gasteiger partial charge on any atom is 0.113 e. The van der Waals surface area contributed by atoms with Crippen molar-refractivity contribution >= 4 is 11.3 Å². The molecular weight excluding hydrogens is 220 g/mol. The molecular formula is C12H20N2OS.